The first-order chi connectivity index (χ1) is 13.1. The van der Waals surface area contributed by atoms with Crippen molar-refractivity contribution in [2.45, 2.75) is 51.1 Å². The van der Waals surface area contributed by atoms with E-state index in [0.29, 0.717) is 19.1 Å². The summed E-state index contributed by atoms with van der Waals surface area (Å²) < 4.78 is 0. The summed E-state index contributed by atoms with van der Waals surface area (Å²) in [4.78, 5) is 27.4. The average molecular weight is 374 g/mol. The number of nitrogens with zero attached hydrogens (tertiary/aromatic N) is 3. The van der Waals surface area contributed by atoms with Crippen molar-refractivity contribution in [3.8, 4) is 0 Å². The molecular formula is C20H30N4O3. The van der Waals surface area contributed by atoms with Crippen molar-refractivity contribution in [2.24, 2.45) is 0 Å². The zero-order valence-electron chi connectivity index (χ0n) is 15.9. The Morgan fingerprint density at radius 1 is 1.07 bits per heavy atom. The molecule has 1 aromatic carbocycles. The minimum Gasteiger partial charge on any atom is -0.352 e. The molecule has 0 spiro atoms. The highest BCUT2D eigenvalue weighted by atomic mass is 16.6. The van der Waals surface area contributed by atoms with Crippen molar-refractivity contribution in [3.63, 3.8) is 0 Å². The standard InChI is InChI=1S/C20H30N4O3/c25-20(21-18-7-3-1-2-4-8-18)16-23-12-10-22(11-13-23)15-17-6-5-9-19(14-17)24(26)27/h5-6,9,14,18H,1-4,7-8,10-13,15-16H2,(H,21,25). The summed E-state index contributed by atoms with van der Waals surface area (Å²) in [6, 6.07) is 7.19. The van der Waals surface area contributed by atoms with Crippen molar-refractivity contribution in [1.82, 2.24) is 15.1 Å². The van der Waals surface area contributed by atoms with E-state index in [2.05, 4.69) is 15.1 Å². The average Bonchev–Trinajstić information content (AvgIpc) is 2.92. The maximum atomic E-state index is 12.3. The van der Waals surface area contributed by atoms with Gasteiger partial charge in [0.05, 0.1) is 11.5 Å². The van der Waals surface area contributed by atoms with Gasteiger partial charge in [0, 0.05) is 50.9 Å². The van der Waals surface area contributed by atoms with Crippen LogP contribution in [-0.4, -0.2) is 59.4 Å². The predicted molar refractivity (Wildman–Crippen MR) is 104 cm³/mol. The predicted octanol–water partition coefficient (Wildman–Crippen LogP) is 2.55. The lowest BCUT2D eigenvalue weighted by molar-refractivity contribution is -0.384. The lowest BCUT2D eigenvalue weighted by atomic mass is 10.1. The first kappa shape index (κ1) is 19.8. The molecule has 7 heteroatoms. The Balaban J connectivity index is 1.40. The van der Waals surface area contributed by atoms with Crippen molar-refractivity contribution in [3.05, 3.63) is 39.9 Å². The number of hydrogen-bond acceptors (Lipinski definition) is 5. The maximum Gasteiger partial charge on any atom is 0.269 e. The molecule has 0 radical (unpaired) electrons. The molecule has 2 aliphatic rings. The normalized spacial score (nSPS) is 20.1. The van der Waals surface area contributed by atoms with Gasteiger partial charge in [-0.15, -0.1) is 0 Å². The number of amides is 1. The number of hydrogen-bond donors (Lipinski definition) is 1. The summed E-state index contributed by atoms with van der Waals surface area (Å²) in [6.45, 7) is 4.64. The van der Waals surface area contributed by atoms with Crippen LogP contribution in [-0.2, 0) is 11.3 Å². The van der Waals surface area contributed by atoms with Crippen molar-refractivity contribution < 1.29 is 9.72 Å². The molecule has 1 N–H and O–H groups in total. The van der Waals surface area contributed by atoms with Crippen LogP contribution in [0.15, 0.2) is 24.3 Å². The summed E-state index contributed by atoms with van der Waals surface area (Å²) in [5, 5.41) is 14.1. The summed E-state index contributed by atoms with van der Waals surface area (Å²) in [5.74, 6) is 0.147. The van der Waals surface area contributed by atoms with Crippen LogP contribution in [0.4, 0.5) is 5.69 Å². The summed E-state index contributed by atoms with van der Waals surface area (Å²) >= 11 is 0. The number of nitro groups is 1. The molecule has 1 aliphatic heterocycles. The second-order valence-corrected chi connectivity index (χ2v) is 7.74. The van der Waals surface area contributed by atoms with Crippen LogP contribution in [0.5, 0.6) is 0 Å². The zero-order chi connectivity index (χ0) is 19.1. The third-order valence-electron chi connectivity index (χ3n) is 5.58. The molecule has 27 heavy (non-hydrogen) atoms. The fraction of sp³-hybridized carbons (Fsp3) is 0.650. The molecule has 2 fully saturated rings. The van der Waals surface area contributed by atoms with E-state index in [0.717, 1.165) is 44.6 Å². The third kappa shape index (κ3) is 6.29. The van der Waals surface area contributed by atoms with Crippen molar-refractivity contribution in [2.75, 3.05) is 32.7 Å². The Hall–Kier alpha value is -1.99. The van der Waals surface area contributed by atoms with Gasteiger partial charge in [-0.2, -0.15) is 0 Å². The second kappa shape index (κ2) is 9.80. The highest BCUT2D eigenvalue weighted by Crippen LogP contribution is 2.18. The smallest absolute Gasteiger partial charge is 0.269 e. The van der Waals surface area contributed by atoms with Crippen LogP contribution < -0.4 is 5.32 Å². The monoisotopic (exact) mass is 374 g/mol. The molecule has 1 heterocycles. The van der Waals surface area contributed by atoms with Gasteiger partial charge < -0.3 is 5.32 Å². The van der Waals surface area contributed by atoms with Gasteiger partial charge in [-0.05, 0) is 18.4 Å². The zero-order valence-corrected chi connectivity index (χ0v) is 15.9. The Morgan fingerprint density at radius 3 is 2.41 bits per heavy atom. The van der Waals surface area contributed by atoms with Crippen LogP contribution in [0.3, 0.4) is 0 Å². The van der Waals surface area contributed by atoms with Gasteiger partial charge in [0.15, 0.2) is 0 Å². The van der Waals surface area contributed by atoms with Crippen LogP contribution in [0, 0.1) is 10.1 Å². The molecule has 7 nitrogen and oxygen atoms in total. The van der Waals surface area contributed by atoms with E-state index in [9.17, 15) is 14.9 Å². The minimum atomic E-state index is -0.353. The first-order valence-corrected chi connectivity index (χ1v) is 10.1. The van der Waals surface area contributed by atoms with Crippen LogP contribution >= 0.6 is 0 Å². The number of non-ortho nitro benzene ring substituents is 1. The van der Waals surface area contributed by atoms with Crippen molar-refractivity contribution in [1.29, 1.82) is 0 Å². The van der Waals surface area contributed by atoms with Crippen LogP contribution in [0.25, 0.3) is 0 Å². The molecule has 0 atom stereocenters. The van der Waals surface area contributed by atoms with Gasteiger partial charge in [-0.25, -0.2) is 0 Å². The van der Waals surface area contributed by atoms with Gasteiger partial charge in [-0.3, -0.25) is 24.7 Å². The Labute approximate surface area is 160 Å². The van der Waals surface area contributed by atoms with E-state index in [1.54, 1.807) is 12.1 Å². The topological polar surface area (TPSA) is 78.7 Å². The van der Waals surface area contributed by atoms with Crippen molar-refractivity contribution >= 4 is 11.6 Å². The van der Waals surface area contributed by atoms with Crippen LogP contribution in [0.2, 0.25) is 0 Å². The first-order valence-electron chi connectivity index (χ1n) is 10.1. The lowest BCUT2D eigenvalue weighted by Crippen LogP contribution is -2.50. The quantitative estimate of drug-likeness (QED) is 0.470. The summed E-state index contributed by atoms with van der Waals surface area (Å²) in [5.41, 5.74) is 1.10. The molecule has 1 aromatic rings. The Morgan fingerprint density at radius 2 is 1.74 bits per heavy atom. The molecule has 0 bridgehead atoms. The van der Waals surface area contributed by atoms with Gasteiger partial charge in [0.1, 0.15) is 0 Å². The molecule has 1 saturated carbocycles. The highest BCUT2D eigenvalue weighted by molar-refractivity contribution is 5.78. The molecule has 3 rings (SSSR count). The summed E-state index contributed by atoms with van der Waals surface area (Å²) in [6.07, 6.45) is 7.26. The number of piperazine rings is 1. The van der Waals surface area contributed by atoms with E-state index in [1.807, 2.05) is 6.07 Å². The SMILES string of the molecule is O=C(CN1CCN(Cc2cccc([N+](=O)[O-])c2)CC1)NC1CCCCCC1. The molecular weight excluding hydrogens is 344 g/mol. The minimum absolute atomic E-state index is 0.140. The van der Waals surface area contributed by atoms with E-state index < -0.39 is 0 Å². The van der Waals surface area contributed by atoms with E-state index in [1.165, 1.54) is 31.7 Å². The third-order valence-corrected chi connectivity index (χ3v) is 5.58. The van der Waals surface area contributed by atoms with Gasteiger partial charge >= 0.3 is 0 Å². The lowest BCUT2D eigenvalue weighted by Gasteiger charge is -2.34. The number of benzene rings is 1. The molecule has 1 saturated heterocycles. The maximum absolute atomic E-state index is 12.3. The molecule has 1 amide bonds. The van der Waals surface area contributed by atoms with Gasteiger partial charge in [-0.1, -0.05) is 37.8 Å². The number of nitro benzene ring substituents is 1. The number of nitrogens with one attached hydrogen (secondary N) is 1. The number of carbonyl (C=O) groups is 1. The molecule has 0 aromatic heterocycles. The molecule has 0 unspecified atom stereocenters. The fourth-order valence-corrected chi connectivity index (χ4v) is 4.03. The van der Waals surface area contributed by atoms with E-state index in [4.69, 9.17) is 0 Å². The second-order valence-electron chi connectivity index (χ2n) is 7.74. The number of rotatable bonds is 6. The Kier molecular flexibility index (Phi) is 7.18. The van der Waals surface area contributed by atoms with E-state index >= 15 is 0 Å². The Bertz CT molecular complexity index is 636. The largest absolute Gasteiger partial charge is 0.352 e. The van der Waals surface area contributed by atoms with E-state index in [-0.39, 0.29) is 16.5 Å². The number of carbonyl (C=O) groups excluding carboxylic acids is 1. The highest BCUT2D eigenvalue weighted by Gasteiger charge is 2.21. The molecule has 1 aliphatic carbocycles. The van der Waals surface area contributed by atoms with Crippen LogP contribution in [0.1, 0.15) is 44.1 Å². The molecule has 148 valence electrons. The van der Waals surface area contributed by atoms with Gasteiger partial charge in [0.2, 0.25) is 5.91 Å². The van der Waals surface area contributed by atoms with Gasteiger partial charge in [0.25, 0.3) is 5.69 Å². The summed E-state index contributed by atoms with van der Waals surface area (Å²) in [7, 11) is 0. The fourth-order valence-electron chi connectivity index (χ4n) is 4.03.